The van der Waals surface area contributed by atoms with Gasteiger partial charge in [-0.25, -0.2) is 9.48 Å². The average Bonchev–Trinajstić information content (AvgIpc) is 2.78. The molecule has 1 aromatic carbocycles. The van der Waals surface area contributed by atoms with Crippen molar-refractivity contribution in [2.75, 3.05) is 6.61 Å². The van der Waals surface area contributed by atoms with Crippen LogP contribution in [0.4, 0.5) is 0 Å². The Morgan fingerprint density at radius 2 is 2.33 bits per heavy atom. The Balaban J connectivity index is 2.20. The molecule has 94 valence electrons. The third-order valence-corrected chi connectivity index (χ3v) is 2.38. The van der Waals surface area contributed by atoms with Crippen LogP contribution in [0.15, 0.2) is 30.5 Å². The number of carbonyl (C=O) groups is 1. The van der Waals surface area contributed by atoms with Gasteiger partial charge in [0.2, 0.25) is 0 Å². The molecule has 18 heavy (non-hydrogen) atoms. The van der Waals surface area contributed by atoms with Crippen molar-refractivity contribution in [1.29, 1.82) is 0 Å². The number of nitrogens with zero attached hydrogens (tertiary/aromatic N) is 3. The monoisotopic (exact) mass is 247 g/mol. The summed E-state index contributed by atoms with van der Waals surface area (Å²) in [6.07, 6.45) is 1.23. The van der Waals surface area contributed by atoms with Crippen molar-refractivity contribution in [3.05, 3.63) is 41.7 Å². The van der Waals surface area contributed by atoms with Gasteiger partial charge in [0.25, 0.3) is 0 Å². The van der Waals surface area contributed by atoms with Crippen LogP contribution in [0, 0.1) is 0 Å². The fourth-order valence-corrected chi connectivity index (χ4v) is 1.61. The molecule has 0 atom stereocenters. The molecule has 0 amide bonds. The average molecular weight is 247 g/mol. The lowest BCUT2D eigenvalue weighted by atomic mass is 10.2. The molecule has 0 aliphatic heterocycles. The normalized spacial score (nSPS) is 10.3. The summed E-state index contributed by atoms with van der Waals surface area (Å²) in [5, 5.41) is 16.3. The van der Waals surface area contributed by atoms with E-state index < -0.39 is 5.97 Å². The van der Waals surface area contributed by atoms with Crippen LogP contribution in [0.2, 0.25) is 0 Å². The van der Waals surface area contributed by atoms with E-state index in [1.165, 1.54) is 10.9 Å². The third-order valence-electron chi connectivity index (χ3n) is 2.38. The first-order chi connectivity index (χ1) is 8.70. The predicted molar refractivity (Wildman–Crippen MR) is 63.7 cm³/mol. The Morgan fingerprint density at radius 3 is 3.06 bits per heavy atom. The van der Waals surface area contributed by atoms with Gasteiger partial charge < -0.3 is 9.84 Å². The van der Waals surface area contributed by atoms with E-state index >= 15 is 0 Å². The van der Waals surface area contributed by atoms with E-state index in [2.05, 4.69) is 10.3 Å². The second-order valence-electron chi connectivity index (χ2n) is 3.66. The van der Waals surface area contributed by atoms with Crippen molar-refractivity contribution < 1.29 is 14.6 Å². The smallest absolute Gasteiger partial charge is 0.355 e. The summed E-state index contributed by atoms with van der Waals surface area (Å²) in [5.41, 5.74) is 0.978. The molecule has 0 saturated heterocycles. The highest BCUT2D eigenvalue weighted by Gasteiger charge is 2.11. The van der Waals surface area contributed by atoms with E-state index in [4.69, 9.17) is 9.84 Å². The van der Waals surface area contributed by atoms with E-state index in [-0.39, 0.29) is 5.69 Å². The lowest BCUT2D eigenvalue weighted by Crippen LogP contribution is -2.11. The summed E-state index contributed by atoms with van der Waals surface area (Å²) in [6, 6.07) is 7.46. The molecule has 6 nitrogen and oxygen atoms in total. The highest BCUT2D eigenvalue weighted by molar-refractivity contribution is 5.85. The molecule has 0 radical (unpaired) electrons. The Kier molecular flexibility index (Phi) is 3.57. The number of rotatable bonds is 5. The van der Waals surface area contributed by atoms with Crippen LogP contribution in [-0.2, 0) is 6.54 Å². The van der Waals surface area contributed by atoms with E-state index in [9.17, 15) is 4.79 Å². The SMILES string of the molecule is CCOc1cccc(Cn2nncc2C(=O)O)c1. The molecule has 1 heterocycles. The largest absolute Gasteiger partial charge is 0.494 e. The van der Waals surface area contributed by atoms with Crippen LogP contribution in [-0.4, -0.2) is 32.7 Å². The molecule has 2 aromatic rings. The number of carboxylic acids is 1. The summed E-state index contributed by atoms with van der Waals surface area (Å²) >= 11 is 0. The van der Waals surface area contributed by atoms with Crippen LogP contribution < -0.4 is 4.74 Å². The van der Waals surface area contributed by atoms with Gasteiger partial charge in [-0.3, -0.25) is 0 Å². The van der Waals surface area contributed by atoms with Gasteiger partial charge in [0, 0.05) is 0 Å². The van der Waals surface area contributed by atoms with Crippen molar-refractivity contribution in [2.24, 2.45) is 0 Å². The fourth-order valence-electron chi connectivity index (χ4n) is 1.61. The van der Waals surface area contributed by atoms with Crippen LogP contribution in [0.1, 0.15) is 23.0 Å². The maximum absolute atomic E-state index is 10.9. The molecular weight excluding hydrogens is 234 g/mol. The minimum atomic E-state index is -1.04. The first-order valence-corrected chi connectivity index (χ1v) is 5.54. The van der Waals surface area contributed by atoms with Gasteiger partial charge in [0.1, 0.15) is 5.75 Å². The quantitative estimate of drug-likeness (QED) is 0.864. The number of aromatic carboxylic acids is 1. The Morgan fingerprint density at radius 1 is 1.50 bits per heavy atom. The topological polar surface area (TPSA) is 77.2 Å². The summed E-state index contributed by atoms with van der Waals surface area (Å²) in [7, 11) is 0. The number of ether oxygens (including phenoxy) is 1. The van der Waals surface area contributed by atoms with Crippen molar-refractivity contribution in [3.8, 4) is 5.75 Å². The van der Waals surface area contributed by atoms with Gasteiger partial charge in [-0.1, -0.05) is 17.3 Å². The van der Waals surface area contributed by atoms with Gasteiger partial charge in [-0.05, 0) is 24.6 Å². The molecule has 0 saturated carbocycles. The van der Waals surface area contributed by atoms with Gasteiger partial charge in [-0.2, -0.15) is 0 Å². The molecule has 0 unspecified atom stereocenters. The highest BCUT2D eigenvalue weighted by Crippen LogP contribution is 2.14. The van der Waals surface area contributed by atoms with Crippen LogP contribution >= 0.6 is 0 Å². The van der Waals surface area contributed by atoms with Crippen molar-refractivity contribution in [3.63, 3.8) is 0 Å². The van der Waals surface area contributed by atoms with Crippen molar-refractivity contribution in [1.82, 2.24) is 15.0 Å². The van der Waals surface area contributed by atoms with E-state index in [0.717, 1.165) is 11.3 Å². The van der Waals surface area contributed by atoms with Crippen LogP contribution in [0.5, 0.6) is 5.75 Å². The number of benzene rings is 1. The number of carboxylic acid groups (broad SMARTS) is 1. The lowest BCUT2D eigenvalue weighted by molar-refractivity contribution is 0.0684. The van der Waals surface area contributed by atoms with E-state index in [0.29, 0.717) is 13.2 Å². The number of hydrogen-bond acceptors (Lipinski definition) is 4. The second-order valence-corrected chi connectivity index (χ2v) is 3.66. The molecule has 2 rings (SSSR count). The Hall–Kier alpha value is -2.37. The molecule has 1 N–H and O–H groups in total. The summed E-state index contributed by atoms with van der Waals surface area (Å²) in [5.74, 6) is -0.284. The molecule has 0 bridgehead atoms. The fraction of sp³-hybridized carbons (Fsp3) is 0.250. The Bertz CT molecular complexity index is 551. The first kappa shape index (κ1) is 12.1. The first-order valence-electron chi connectivity index (χ1n) is 5.54. The molecule has 6 heteroatoms. The highest BCUT2D eigenvalue weighted by atomic mass is 16.5. The standard InChI is InChI=1S/C12H13N3O3/c1-2-18-10-5-3-4-9(6-10)8-15-11(12(16)17)7-13-14-15/h3-7H,2,8H2,1H3,(H,16,17). The van der Waals surface area contributed by atoms with Crippen LogP contribution in [0.25, 0.3) is 0 Å². The summed E-state index contributed by atoms with van der Waals surface area (Å²) in [4.78, 5) is 10.9. The summed E-state index contributed by atoms with van der Waals surface area (Å²) < 4.78 is 6.72. The van der Waals surface area contributed by atoms with Crippen molar-refractivity contribution >= 4 is 5.97 Å². The van der Waals surface area contributed by atoms with Gasteiger partial charge in [0.05, 0.1) is 19.3 Å². The minimum Gasteiger partial charge on any atom is -0.494 e. The van der Waals surface area contributed by atoms with Gasteiger partial charge in [-0.15, -0.1) is 5.10 Å². The zero-order chi connectivity index (χ0) is 13.0. The van der Waals surface area contributed by atoms with Gasteiger partial charge >= 0.3 is 5.97 Å². The molecule has 0 aliphatic rings. The van der Waals surface area contributed by atoms with Gasteiger partial charge in [0.15, 0.2) is 5.69 Å². The zero-order valence-electron chi connectivity index (χ0n) is 9.91. The number of aromatic nitrogens is 3. The maximum atomic E-state index is 10.9. The van der Waals surface area contributed by atoms with E-state index in [1.807, 2.05) is 31.2 Å². The predicted octanol–water partition coefficient (Wildman–Crippen LogP) is 1.42. The minimum absolute atomic E-state index is 0.0665. The third kappa shape index (κ3) is 2.65. The molecule has 0 fully saturated rings. The number of hydrogen-bond donors (Lipinski definition) is 1. The molecule has 1 aromatic heterocycles. The molecule has 0 spiro atoms. The van der Waals surface area contributed by atoms with Crippen molar-refractivity contribution in [2.45, 2.75) is 13.5 Å². The van der Waals surface area contributed by atoms with E-state index in [1.54, 1.807) is 0 Å². The van der Waals surface area contributed by atoms with Crippen LogP contribution in [0.3, 0.4) is 0 Å². The molecular formula is C12H13N3O3. The summed E-state index contributed by atoms with van der Waals surface area (Å²) in [6.45, 7) is 2.85. The maximum Gasteiger partial charge on any atom is 0.355 e. The lowest BCUT2D eigenvalue weighted by Gasteiger charge is -2.06. The molecule has 0 aliphatic carbocycles. The zero-order valence-corrected chi connectivity index (χ0v) is 9.91. The Labute approximate surface area is 104 Å². The second kappa shape index (κ2) is 5.31.